The van der Waals surface area contributed by atoms with Crippen molar-refractivity contribution in [3.63, 3.8) is 0 Å². The molecule has 2 aromatic carbocycles. The molecule has 0 aliphatic heterocycles. The van der Waals surface area contributed by atoms with Crippen molar-refractivity contribution in [3.8, 4) is 5.69 Å². The number of halogens is 3. The minimum atomic E-state index is -4.57. The highest BCUT2D eigenvalue weighted by Gasteiger charge is 2.31. The monoisotopic (exact) mass is 430 g/mol. The van der Waals surface area contributed by atoms with Gasteiger partial charge in [0.1, 0.15) is 5.39 Å². The second kappa shape index (κ2) is 7.79. The smallest absolute Gasteiger partial charge is 0.293 e. The van der Waals surface area contributed by atoms with Crippen molar-refractivity contribution in [2.24, 2.45) is 0 Å². The molecule has 0 aliphatic carbocycles. The van der Waals surface area contributed by atoms with Gasteiger partial charge in [-0.3, -0.25) is 19.3 Å². The number of aromatic amines is 1. The summed E-state index contributed by atoms with van der Waals surface area (Å²) in [5, 5.41) is 6.58. The maximum atomic E-state index is 13.2. The molecule has 0 atom stereocenters. The van der Waals surface area contributed by atoms with Gasteiger partial charge in [0.05, 0.1) is 23.2 Å². The van der Waals surface area contributed by atoms with E-state index in [9.17, 15) is 22.8 Å². The van der Waals surface area contributed by atoms with Gasteiger partial charge in [-0.25, -0.2) is 4.98 Å². The van der Waals surface area contributed by atoms with Crippen LogP contribution in [0.25, 0.3) is 16.7 Å². The fourth-order valence-electron chi connectivity index (χ4n) is 2.86. The molecule has 10 heteroatoms. The van der Waals surface area contributed by atoms with Crippen LogP contribution in [-0.4, -0.2) is 31.3 Å². The van der Waals surface area contributed by atoms with Crippen LogP contribution in [-0.2, 0) is 6.18 Å². The number of fused-ring (bicyclic) bond motifs is 1. The molecule has 152 valence electrons. The lowest BCUT2D eigenvalue weighted by Gasteiger charge is -2.14. The molecule has 4 rings (SSSR count). The normalized spacial score (nSPS) is 11.7. The second-order valence-electron chi connectivity index (χ2n) is 6.29. The van der Waals surface area contributed by atoms with Gasteiger partial charge in [-0.15, -0.1) is 0 Å². The van der Waals surface area contributed by atoms with Gasteiger partial charge in [-0.1, -0.05) is 48.2 Å². The molecule has 0 bridgehead atoms. The molecule has 0 unspecified atom stereocenters. The number of hydrogen-bond acceptors (Lipinski definition) is 5. The molecule has 0 fully saturated rings. The van der Waals surface area contributed by atoms with Crippen molar-refractivity contribution in [2.45, 2.75) is 11.3 Å². The van der Waals surface area contributed by atoms with Gasteiger partial charge in [0.15, 0.2) is 16.6 Å². The fourth-order valence-corrected chi connectivity index (χ4v) is 3.76. The van der Waals surface area contributed by atoms with E-state index in [0.717, 1.165) is 28.5 Å². The average molecular weight is 430 g/mol. The molecular weight excluding hydrogens is 417 g/mol. The second-order valence-corrected chi connectivity index (χ2v) is 7.24. The van der Waals surface area contributed by atoms with Crippen LogP contribution in [0.2, 0.25) is 0 Å². The Kier molecular flexibility index (Phi) is 5.17. The standard InChI is InChI=1S/C20H13F3N4O2S/c21-20(22,23)13-7-4-8-14(9-13)27-18(29)15-10-24-26-17(15)25-19(27)30-11-16(28)12-5-2-1-3-6-12/h1-10H,11H2,(H,24,26). The lowest BCUT2D eigenvalue weighted by atomic mass is 10.2. The van der Waals surface area contributed by atoms with Gasteiger partial charge in [-0.05, 0) is 18.2 Å². The Labute approximate surface area is 171 Å². The van der Waals surface area contributed by atoms with Crippen LogP contribution in [0.15, 0.2) is 70.7 Å². The quantitative estimate of drug-likeness (QED) is 0.293. The first-order valence-corrected chi connectivity index (χ1v) is 9.68. The molecule has 0 amide bonds. The van der Waals surface area contributed by atoms with E-state index in [1.165, 1.54) is 18.3 Å². The maximum absolute atomic E-state index is 13.2. The number of carbonyl (C=O) groups is 1. The van der Waals surface area contributed by atoms with Gasteiger partial charge < -0.3 is 0 Å². The van der Waals surface area contributed by atoms with Crippen LogP contribution >= 0.6 is 11.8 Å². The van der Waals surface area contributed by atoms with Crippen LogP contribution in [0.3, 0.4) is 0 Å². The summed E-state index contributed by atoms with van der Waals surface area (Å²) in [6.07, 6.45) is -3.30. The largest absolute Gasteiger partial charge is 0.416 e. The Balaban J connectivity index is 1.78. The summed E-state index contributed by atoms with van der Waals surface area (Å²) in [4.78, 5) is 29.7. The lowest BCUT2D eigenvalue weighted by molar-refractivity contribution is -0.137. The SMILES string of the molecule is O=C(CSc1nc2[nH]ncc2c(=O)n1-c1cccc(C(F)(F)F)c1)c1ccccc1. The van der Waals surface area contributed by atoms with E-state index in [1.807, 2.05) is 0 Å². The summed E-state index contributed by atoms with van der Waals surface area (Å²) in [7, 11) is 0. The number of carbonyl (C=O) groups excluding carboxylic acids is 1. The number of rotatable bonds is 5. The molecule has 2 heterocycles. The number of alkyl halides is 3. The first kappa shape index (κ1) is 19.9. The number of Topliss-reactive ketones (excluding diaryl/α,β-unsaturated/α-hetero) is 1. The Morgan fingerprint density at radius 2 is 1.87 bits per heavy atom. The predicted octanol–water partition coefficient (Wildman–Crippen LogP) is 4.10. The summed E-state index contributed by atoms with van der Waals surface area (Å²) >= 11 is 0.964. The molecule has 1 N–H and O–H groups in total. The van der Waals surface area contributed by atoms with E-state index in [-0.39, 0.29) is 33.4 Å². The van der Waals surface area contributed by atoms with Gasteiger partial charge in [0.25, 0.3) is 5.56 Å². The zero-order chi connectivity index (χ0) is 21.3. The number of nitrogens with one attached hydrogen (secondary N) is 1. The Morgan fingerprint density at radius 3 is 2.60 bits per heavy atom. The molecule has 4 aromatic rings. The van der Waals surface area contributed by atoms with Gasteiger partial charge in [0, 0.05) is 5.56 Å². The number of nitrogens with zero attached hydrogens (tertiary/aromatic N) is 3. The van der Waals surface area contributed by atoms with Gasteiger partial charge in [0.2, 0.25) is 0 Å². The van der Waals surface area contributed by atoms with Crippen LogP contribution in [0, 0.1) is 0 Å². The topological polar surface area (TPSA) is 80.6 Å². The predicted molar refractivity (Wildman–Crippen MR) is 106 cm³/mol. The van der Waals surface area contributed by atoms with Crippen molar-refractivity contribution in [1.82, 2.24) is 19.7 Å². The number of ketones is 1. The Hall–Kier alpha value is -3.40. The van der Waals surface area contributed by atoms with Gasteiger partial charge >= 0.3 is 6.18 Å². The average Bonchev–Trinajstić information content (AvgIpc) is 3.21. The molecular formula is C20H13F3N4O2S. The highest BCUT2D eigenvalue weighted by Crippen LogP contribution is 2.31. The lowest BCUT2D eigenvalue weighted by Crippen LogP contribution is -2.22. The zero-order valence-corrected chi connectivity index (χ0v) is 16.0. The molecule has 2 aromatic heterocycles. The van der Waals surface area contributed by atoms with E-state index in [0.29, 0.717) is 5.56 Å². The number of benzene rings is 2. The molecule has 0 aliphatic rings. The number of H-pyrrole nitrogens is 1. The Morgan fingerprint density at radius 1 is 1.10 bits per heavy atom. The third kappa shape index (κ3) is 3.86. The van der Waals surface area contributed by atoms with Crippen LogP contribution in [0.1, 0.15) is 15.9 Å². The highest BCUT2D eigenvalue weighted by molar-refractivity contribution is 7.99. The minimum Gasteiger partial charge on any atom is -0.293 e. The third-order valence-corrected chi connectivity index (χ3v) is 5.25. The van der Waals surface area contributed by atoms with E-state index >= 15 is 0 Å². The van der Waals surface area contributed by atoms with Crippen molar-refractivity contribution in [3.05, 3.63) is 82.3 Å². The molecule has 0 spiro atoms. The first-order chi connectivity index (χ1) is 14.3. The van der Waals surface area contributed by atoms with E-state index in [1.54, 1.807) is 30.3 Å². The summed E-state index contributed by atoms with van der Waals surface area (Å²) < 4.78 is 40.6. The third-order valence-electron chi connectivity index (χ3n) is 4.31. The number of thioether (sulfide) groups is 1. The fraction of sp³-hybridized carbons (Fsp3) is 0.100. The highest BCUT2D eigenvalue weighted by atomic mass is 32.2. The van der Waals surface area contributed by atoms with Crippen molar-refractivity contribution < 1.29 is 18.0 Å². The minimum absolute atomic E-state index is 0.0000788. The summed E-state index contributed by atoms with van der Waals surface area (Å²) in [6.45, 7) is 0. The van der Waals surface area contributed by atoms with Crippen molar-refractivity contribution >= 4 is 28.6 Å². The van der Waals surface area contributed by atoms with Gasteiger partial charge in [-0.2, -0.15) is 18.3 Å². The maximum Gasteiger partial charge on any atom is 0.416 e. The first-order valence-electron chi connectivity index (χ1n) is 8.69. The zero-order valence-electron chi connectivity index (χ0n) is 15.2. The van der Waals surface area contributed by atoms with Crippen molar-refractivity contribution in [2.75, 3.05) is 5.75 Å². The molecule has 6 nitrogen and oxygen atoms in total. The number of aromatic nitrogens is 4. The summed E-state index contributed by atoms with van der Waals surface area (Å²) in [5.74, 6) is -0.246. The van der Waals surface area contributed by atoms with Crippen LogP contribution < -0.4 is 5.56 Å². The van der Waals surface area contributed by atoms with E-state index in [2.05, 4.69) is 15.2 Å². The van der Waals surface area contributed by atoms with Crippen LogP contribution in [0.4, 0.5) is 13.2 Å². The molecule has 0 saturated carbocycles. The molecule has 30 heavy (non-hydrogen) atoms. The number of hydrogen-bond donors (Lipinski definition) is 1. The van der Waals surface area contributed by atoms with E-state index in [4.69, 9.17) is 0 Å². The van der Waals surface area contributed by atoms with Crippen molar-refractivity contribution in [1.29, 1.82) is 0 Å². The summed E-state index contributed by atoms with van der Waals surface area (Å²) in [6, 6.07) is 12.9. The van der Waals surface area contributed by atoms with E-state index < -0.39 is 17.3 Å². The van der Waals surface area contributed by atoms with Crippen LogP contribution in [0.5, 0.6) is 0 Å². The summed E-state index contributed by atoms with van der Waals surface area (Å²) in [5.41, 5.74) is -0.795. The molecule has 0 radical (unpaired) electrons. The Bertz CT molecular complexity index is 1280. The molecule has 0 saturated heterocycles.